The first-order chi connectivity index (χ1) is 11.5. The molecule has 0 bridgehead atoms. The first kappa shape index (κ1) is 19.3. The highest BCUT2D eigenvalue weighted by atomic mass is 35.5. The molecule has 3 N–H and O–H groups in total. The molecule has 1 aliphatic rings. The van der Waals surface area contributed by atoms with Gasteiger partial charge in [0.05, 0.1) is 6.04 Å². The van der Waals surface area contributed by atoms with E-state index in [1.165, 1.54) is 12.1 Å². The van der Waals surface area contributed by atoms with E-state index >= 15 is 0 Å². The normalized spacial score (nSPS) is 14.6. The molecule has 5 nitrogen and oxygen atoms in total. The number of fused-ring (bicyclic) bond motifs is 1. The summed E-state index contributed by atoms with van der Waals surface area (Å²) < 4.78 is 27.2. The van der Waals surface area contributed by atoms with Gasteiger partial charge in [0.25, 0.3) is 5.91 Å². The van der Waals surface area contributed by atoms with Gasteiger partial charge in [-0.05, 0) is 12.0 Å². The number of aromatic nitrogens is 2. The Morgan fingerprint density at radius 2 is 2.08 bits per heavy atom. The number of nitrogens with zero attached hydrogens (tertiary/aromatic N) is 1. The maximum atomic E-state index is 14.1. The number of aromatic amines is 1. The van der Waals surface area contributed by atoms with Gasteiger partial charge in [-0.2, -0.15) is 5.10 Å². The van der Waals surface area contributed by atoms with Gasteiger partial charge in [-0.15, -0.1) is 12.4 Å². The largest absolute Gasteiger partial charge is 0.343 e. The van der Waals surface area contributed by atoms with Crippen LogP contribution in [0.1, 0.15) is 47.2 Å². The first-order valence-corrected chi connectivity index (χ1v) is 8.00. The van der Waals surface area contributed by atoms with Crippen molar-refractivity contribution in [3.8, 4) is 0 Å². The molecule has 0 saturated carbocycles. The highest BCUT2D eigenvalue weighted by Crippen LogP contribution is 2.26. The van der Waals surface area contributed by atoms with Crippen LogP contribution in [0.4, 0.5) is 8.78 Å². The van der Waals surface area contributed by atoms with Gasteiger partial charge < -0.3 is 10.6 Å². The predicted octanol–water partition coefficient (Wildman–Crippen LogP) is 2.88. The van der Waals surface area contributed by atoms with Crippen molar-refractivity contribution in [2.45, 2.75) is 32.9 Å². The van der Waals surface area contributed by atoms with E-state index in [2.05, 4.69) is 20.8 Å². The Bertz CT molecular complexity index is 763. The smallest absolute Gasteiger partial charge is 0.272 e. The van der Waals surface area contributed by atoms with Crippen molar-refractivity contribution in [2.24, 2.45) is 5.92 Å². The third-order valence-electron chi connectivity index (χ3n) is 4.27. The summed E-state index contributed by atoms with van der Waals surface area (Å²) >= 11 is 0. The number of carbonyl (C=O) groups excluding carboxylic acids is 1. The topological polar surface area (TPSA) is 69.8 Å². The van der Waals surface area contributed by atoms with Crippen molar-refractivity contribution < 1.29 is 13.6 Å². The van der Waals surface area contributed by atoms with Crippen LogP contribution in [0.5, 0.6) is 0 Å². The number of amides is 1. The predicted molar refractivity (Wildman–Crippen MR) is 92.6 cm³/mol. The molecule has 0 saturated heterocycles. The second-order valence-corrected chi connectivity index (χ2v) is 6.32. The summed E-state index contributed by atoms with van der Waals surface area (Å²) in [5.41, 5.74) is 2.39. The Morgan fingerprint density at radius 1 is 1.32 bits per heavy atom. The highest BCUT2D eigenvalue weighted by molar-refractivity contribution is 5.94. The lowest BCUT2D eigenvalue weighted by atomic mass is 9.95. The fourth-order valence-corrected chi connectivity index (χ4v) is 2.98. The lowest BCUT2D eigenvalue weighted by molar-refractivity contribution is 0.0918. The van der Waals surface area contributed by atoms with Crippen LogP contribution in [0, 0.1) is 17.6 Å². The highest BCUT2D eigenvalue weighted by Gasteiger charge is 2.26. The van der Waals surface area contributed by atoms with Gasteiger partial charge in [0.2, 0.25) is 0 Å². The SMILES string of the molecule is CC(C)C(NC(=O)c1n[nH]c2c1CNCC2)c1ccc(F)cc1F.Cl. The third kappa shape index (κ3) is 3.99. The molecule has 1 aliphatic heterocycles. The van der Waals surface area contributed by atoms with Gasteiger partial charge >= 0.3 is 0 Å². The van der Waals surface area contributed by atoms with Crippen LogP contribution in [0.15, 0.2) is 18.2 Å². The number of nitrogens with one attached hydrogen (secondary N) is 3. The third-order valence-corrected chi connectivity index (χ3v) is 4.27. The molecule has 1 unspecified atom stereocenters. The van der Waals surface area contributed by atoms with Gasteiger partial charge in [-0.25, -0.2) is 8.78 Å². The quantitative estimate of drug-likeness (QED) is 0.775. The van der Waals surface area contributed by atoms with Crippen molar-refractivity contribution in [2.75, 3.05) is 6.54 Å². The summed E-state index contributed by atoms with van der Waals surface area (Å²) in [5.74, 6) is -1.74. The zero-order chi connectivity index (χ0) is 17.3. The minimum atomic E-state index is -0.667. The minimum absolute atomic E-state index is 0. The maximum absolute atomic E-state index is 14.1. The Hall–Kier alpha value is -1.99. The molecule has 1 aromatic heterocycles. The van der Waals surface area contributed by atoms with Crippen LogP contribution in [0.3, 0.4) is 0 Å². The summed E-state index contributed by atoms with van der Waals surface area (Å²) in [4.78, 5) is 12.6. The Morgan fingerprint density at radius 3 is 2.76 bits per heavy atom. The number of benzene rings is 1. The molecule has 0 aliphatic carbocycles. The Balaban J connectivity index is 0.00000225. The molecule has 8 heteroatoms. The number of rotatable bonds is 4. The number of hydrogen-bond acceptors (Lipinski definition) is 3. The second kappa shape index (κ2) is 7.93. The fraction of sp³-hybridized carbons (Fsp3) is 0.412. The Kier molecular flexibility index (Phi) is 6.13. The van der Waals surface area contributed by atoms with E-state index in [0.717, 1.165) is 30.3 Å². The van der Waals surface area contributed by atoms with Crippen molar-refractivity contribution in [3.63, 3.8) is 0 Å². The second-order valence-electron chi connectivity index (χ2n) is 6.32. The van der Waals surface area contributed by atoms with Crippen LogP contribution in [-0.2, 0) is 13.0 Å². The van der Waals surface area contributed by atoms with E-state index in [1.54, 1.807) is 0 Å². The molecular formula is C17H21ClF2N4O. The molecule has 3 rings (SSSR count). The van der Waals surface area contributed by atoms with Crippen LogP contribution < -0.4 is 10.6 Å². The minimum Gasteiger partial charge on any atom is -0.343 e. The summed E-state index contributed by atoms with van der Waals surface area (Å²) in [6, 6.07) is 2.83. The molecule has 2 heterocycles. The van der Waals surface area contributed by atoms with Crippen molar-refractivity contribution in [3.05, 3.63) is 52.3 Å². The van der Waals surface area contributed by atoms with E-state index in [-0.39, 0.29) is 29.8 Å². The van der Waals surface area contributed by atoms with Gasteiger partial charge in [0.1, 0.15) is 11.6 Å². The zero-order valence-electron chi connectivity index (χ0n) is 14.0. The maximum Gasteiger partial charge on any atom is 0.272 e. The van der Waals surface area contributed by atoms with E-state index in [1.807, 2.05) is 13.8 Å². The first-order valence-electron chi connectivity index (χ1n) is 8.00. The molecule has 2 aromatic rings. The average molecular weight is 371 g/mol. The van der Waals surface area contributed by atoms with Gasteiger partial charge in [0.15, 0.2) is 5.69 Å². The molecular weight excluding hydrogens is 350 g/mol. The lowest BCUT2D eigenvalue weighted by Crippen LogP contribution is -2.34. The van der Waals surface area contributed by atoms with Crippen molar-refractivity contribution in [1.29, 1.82) is 0 Å². The Labute approximate surface area is 151 Å². The van der Waals surface area contributed by atoms with Gasteiger partial charge in [0, 0.05) is 42.4 Å². The van der Waals surface area contributed by atoms with Gasteiger partial charge in [-0.1, -0.05) is 19.9 Å². The zero-order valence-corrected chi connectivity index (χ0v) is 14.8. The van der Waals surface area contributed by atoms with E-state index < -0.39 is 17.7 Å². The lowest BCUT2D eigenvalue weighted by Gasteiger charge is -2.23. The van der Waals surface area contributed by atoms with Gasteiger partial charge in [-0.3, -0.25) is 9.89 Å². The average Bonchev–Trinajstić information content (AvgIpc) is 2.97. The standard InChI is InChI=1S/C17H20F2N4O.ClH/c1-9(2)15(11-4-3-10(18)7-13(11)19)21-17(24)16-12-8-20-6-5-14(12)22-23-16;/h3-4,7,9,15,20H,5-6,8H2,1-2H3,(H,21,24)(H,22,23);1H. The fourth-order valence-electron chi connectivity index (χ4n) is 2.98. The van der Waals surface area contributed by atoms with E-state index in [0.29, 0.717) is 12.2 Å². The summed E-state index contributed by atoms with van der Waals surface area (Å²) in [5, 5.41) is 13.0. The van der Waals surface area contributed by atoms with Crippen LogP contribution in [-0.4, -0.2) is 22.6 Å². The van der Waals surface area contributed by atoms with Crippen LogP contribution >= 0.6 is 12.4 Å². The monoisotopic (exact) mass is 370 g/mol. The molecule has 0 spiro atoms. The molecule has 136 valence electrons. The number of H-pyrrole nitrogens is 1. The molecule has 1 aromatic carbocycles. The summed E-state index contributed by atoms with van der Waals surface area (Å²) in [6.07, 6.45) is 0.788. The molecule has 1 atom stereocenters. The molecule has 0 fully saturated rings. The summed E-state index contributed by atoms with van der Waals surface area (Å²) in [7, 11) is 0. The van der Waals surface area contributed by atoms with E-state index in [9.17, 15) is 13.6 Å². The number of carbonyl (C=O) groups is 1. The molecule has 25 heavy (non-hydrogen) atoms. The number of hydrogen-bond donors (Lipinski definition) is 3. The van der Waals surface area contributed by atoms with Crippen LogP contribution in [0.2, 0.25) is 0 Å². The van der Waals surface area contributed by atoms with Crippen molar-refractivity contribution in [1.82, 2.24) is 20.8 Å². The number of halogens is 3. The molecule has 0 radical (unpaired) electrons. The van der Waals surface area contributed by atoms with Crippen LogP contribution in [0.25, 0.3) is 0 Å². The van der Waals surface area contributed by atoms with E-state index in [4.69, 9.17) is 0 Å². The summed E-state index contributed by atoms with van der Waals surface area (Å²) in [6.45, 7) is 5.15. The van der Waals surface area contributed by atoms with Crippen molar-refractivity contribution >= 4 is 18.3 Å². The molecule has 1 amide bonds.